The Balaban J connectivity index is 1.72. The zero-order chi connectivity index (χ0) is 16.3. The zero-order valence-corrected chi connectivity index (χ0v) is 13.3. The monoisotopic (exact) mass is 342 g/mol. The van der Waals surface area contributed by atoms with Gasteiger partial charge in [0.25, 0.3) is 0 Å². The Morgan fingerprint density at radius 1 is 1.17 bits per heavy atom. The van der Waals surface area contributed by atoms with Gasteiger partial charge in [-0.05, 0) is 18.9 Å². The Morgan fingerprint density at radius 3 is 2.70 bits per heavy atom. The second-order valence-corrected chi connectivity index (χ2v) is 6.91. The predicted molar refractivity (Wildman–Crippen MR) is 82.9 cm³/mol. The Kier molecular flexibility index (Phi) is 4.94. The highest BCUT2D eigenvalue weighted by Gasteiger charge is 2.34. The van der Waals surface area contributed by atoms with Gasteiger partial charge < -0.3 is 4.42 Å². The van der Waals surface area contributed by atoms with Crippen LogP contribution in [0, 0.1) is 0 Å². The van der Waals surface area contributed by atoms with Crippen molar-refractivity contribution in [3.63, 3.8) is 0 Å². The van der Waals surface area contributed by atoms with Crippen molar-refractivity contribution in [3.05, 3.63) is 36.0 Å². The summed E-state index contributed by atoms with van der Waals surface area (Å²) in [5, 5.41) is 0.612. The maximum atomic E-state index is 13.0. The van der Waals surface area contributed by atoms with E-state index in [1.54, 1.807) is 11.8 Å². The second-order valence-electron chi connectivity index (χ2n) is 5.62. The number of pyridine rings is 1. The Labute approximate surface area is 136 Å². The van der Waals surface area contributed by atoms with Gasteiger partial charge in [0.15, 0.2) is 0 Å². The van der Waals surface area contributed by atoms with Crippen LogP contribution in [0.4, 0.5) is 13.2 Å². The highest BCUT2D eigenvalue weighted by atomic mass is 32.2. The lowest BCUT2D eigenvalue weighted by Crippen LogP contribution is -2.08. The first kappa shape index (κ1) is 16.4. The van der Waals surface area contributed by atoms with Crippen molar-refractivity contribution in [2.24, 2.45) is 0 Å². The molecule has 0 spiro atoms. The first-order chi connectivity index (χ1) is 11.0. The van der Waals surface area contributed by atoms with Gasteiger partial charge >= 0.3 is 6.18 Å². The minimum Gasteiger partial charge on any atom is -0.440 e. The van der Waals surface area contributed by atoms with E-state index in [4.69, 9.17) is 4.42 Å². The van der Waals surface area contributed by atoms with Crippen LogP contribution in [0.2, 0.25) is 0 Å². The van der Waals surface area contributed by atoms with E-state index in [2.05, 4.69) is 9.97 Å². The van der Waals surface area contributed by atoms with Crippen LogP contribution in [0.5, 0.6) is 0 Å². The maximum absolute atomic E-state index is 13.0. The van der Waals surface area contributed by atoms with E-state index in [1.807, 2.05) is 0 Å². The number of alkyl halides is 3. The van der Waals surface area contributed by atoms with E-state index < -0.39 is 11.7 Å². The molecule has 3 rings (SSSR count). The Morgan fingerprint density at radius 2 is 1.96 bits per heavy atom. The maximum Gasteiger partial charge on any atom is 0.417 e. The molecule has 0 saturated heterocycles. The van der Waals surface area contributed by atoms with Crippen LogP contribution in [-0.4, -0.2) is 15.2 Å². The molecule has 2 aromatic rings. The highest BCUT2D eigenvalue weighted by Crippen LogP contribution is 2.37. The average Bonchev–Trinajstić information content (AvgIpc) is 3.02. The Hall–Kier alpha value is -1.50. The molecular weight excluding hydrogens is 325 g/mol. The van der Waals surface area contributed by atoms with Gasteiger partial charge in [0.1, 0.15) is 5.76 Å². The van der Waals surface area contributed by atoms with Crippen molar-refractivity contribution < 1.29 is 17.6 Å². The van der Waals surface area contributed by atoms with E-state index in [0.29, 0.717) is 16.8 Å². The summed E-state index contributed by atoms with van der Waals surface area (Å²) in [6.07, 6.45) is 5.53. The molecule has 0 N–H and O–H groups in total. The van der Waals surface area contributed by atoms with E-state index in [0.717, 1.165) is 18.5 Å². The smallest absolute Gasteiger partial charge is 0.417 e. The van der Waals surface area contributed by atoms with Gasteiger partial charge in [-0.25, -0.2) is 4.98 Å². The van der Waals surface area contributed by atoms with Crippen LogP contribution < -0.4 is 0 Å². The SMILES string of the molecule is FC(F)(F)c1ccncc1-c1ncc(CSC2CCCCC2)o1. The van der Waals surface area contributed by atoms with Crippen molar-refractivity contribution in [3.8, 4) is 11.5 Å². The average molecular weight is 342 g/mol. The van der Waals surface area contributed by atoms with Crippen molar-refractivity contribution in [2.45, 2.75) is 49.3 Å². The summed E-state index contributed by atoms with van der Waals surface area (Å²) in [7, 11) is 0. The number of hydrogen-bond donors (Lipinski definition) is 0. The molecule has 1 aliphatic carbocycles. The molecule has 0 aromatic carbocycles. The third kappa shape index (κ3) is 4.07. The summed E-state index contributed by atoms with van der Waals surface area (Å²) in [5.74, 6) is 1.22. The fourth-order valence-corrected chi connectivity index (χ4v) is 3.94. The summed E-state index contributed by atoms with van der Waals surface area (Å²) in [6.45, 7) is 0. The molecule has 0 radical (unpaired) electrons. The number of hydrogen-bond acceptors (Lipinski definition) is 4. The number of nitrogens with zero attached hydrogens (tertiary/aromatic N) is 2. The van der Waals surface area contributed by atoms with E-state index in [-0.39, 0.29) is 11.5 Å². The molecular formula is C16H17F3N2OS. The van der Waals surface area contributed by atoms with Crippen molar-refractivity contribution in [1.82, 2.24) is 9.97 Å². The van der Waals surface area contributed by atoms with E-state index in [9.17, 15) is 13.2 Å². The number of oxazole rings is 1. The van der Waals surface area contributed by atoms with Crippen LogP contribution in [0.25, 0.3) is 11.5 Å². The lowest BCUT2D eigenvalue weighted by molar-refractivity contribution is -0.137. The van der Waals surface area contributed by atoms with Crippen LogP contribution in [0.3, 0.4) is 0 Å². The van der Waals surface area contributed by atoms with Crippen LogP contribution in [0.1, 0.15) is 43.4 Å². The molecule has 2 aromatic heterocycles. The molecule has 23 heavy (non-hydrogen) atoms. The molecule has 0 aliphatic heterocycles. The van der Waals surface area contributed by atoms with Gasteiger partial charge in [0.2, 0.25) is 5.89 Å². The van der Waals surface area contributed by atoms with Gasteiger partial charge in [0, 0.05) is 17.6 Å². The lowest BCUT2D eigenvalue weighted by Gasteiger charge is -2.20. The van der Waals surface area contributed by atoms with E-state index in [1.165, 1.54) is 38.3 Å². The zero-order valence-electron chi connectivity index (χ0n) is 12.5. The fourth-order valence-electron chi connectivity index (χ4n) is 2.74. The van der Waals surface area contributed by atoms with Crippen molar-refractivity contribution in [1.29, 1.82) is 0 Å². The standard InChI is InChI=1S/C16H17F3N2OS/c17-16(18,19)14-6-7-20-9-13(14)15-21-8-11(22-15)10-23-12-4-2-1-3-5-12/h6-9,12H,1-5,10H2. The van der Waals surface area contributed by atoms with Crippen LogP contribution in [0.15, 0.2) is 29.1 Å². The van der Waals surface area contributed by atoms with Gasteiger partial charge in [0.05, 0.1) is 23.1 Å². The topological polar surface area (TPSA) is 38.9 Å². The summed E-state index contributed by atoms with van der Waals surface area (Å²) in [6, 6.07) is 0.940. The van der Waals surface area contributed by atoms with Gasteiger partial charge in [-0.15, -0.1) is 0 Å². The molecule has 1 fully saturated rings. The lowest BCUT2D eigenvalue weighted by atomic mass is 10.0. The third-order valence-corrected chi connectivity index (χ3v) is 5.32. The minimum absolute atomic E-state index is 0.0235. The van der Waals surface area contributed by atoms with Crippen molar-refractivity contribution in [2.75, 3.05) is 0 Å². The normalized spacial score (nSPS) is 16.7. The van der Waals surface area contributed by atoms with Crippen molar-refractivity contribution >= 4 is 11.8 Å². The van der Waals surface area contributed by atoms with Gasteiger partial charge in [-0.3, -0.25) is 4.98 Å². The van der Waals surface area contributed by atoms with Crippen LogP contribution >= 0.6 is 11.8 Å². The predicted octanol–water partition coefficient (Wildman–Crippen LogP) is 5.32. The molecule has 3 nitrogen and oxygen atoms in total. The molecule has 124 valence electrons. The van der Waals surface area contributed by atoms with Gasteiger partial charge in [-0.1, -0.05) is 19.3 Å². The number of rotatable bonds is 4. The second kappa shape index (κ2) is 6.95. The highest BCUT2D eigenvalue weighted by molar-refractivity contribution is 7.99. The minimum atomic E-state index is -4.45. The first-order valence-electron chi connectivity index (χ1n) is 7.62. The first-order valence-corrected chi connectivity index (χ1v) is 8.67. The summed E-state index contributed by atoms with van der Waals surface area (Å²) in [4.78, 5) is 7.76. The molecule has 7 heteroatoms. The molecule has 1 aliphatic rings. The fraction of sp³-hybridized carbons (Fsp3) is 0.500. The Bertz CT molecular complexity index is 651. The number of halogens is 3. The molecule has 2 heterocycles. The molecule has 0 atom stereocenters. The van der Waals surface area contributed by atoms with Gasteiger partial charge in [-0.2, -0.15) is 24.9 Å². The largest absolute Gasteiger partial charge is 0.440 e. The summed E-state index contributed by atoms with van der Waals surface area (Å²) < 4.78 is 44.6. The number of thioether (sulfide) groups is 1. The van der Waals surface area contributed by atoms with E-state index >= 15 is 0 Å². The number of aromatic nitrogens is 2. The molecule has 0 bridgehead atoms. The quantitative estimate of drug-likeness (QED) is 0.754. The molecule has 1 saturated carbocycles. The van der Waals surface area contributed by atoms with Crippen LogP contribution in [-0.2, 0) is 11.9 Å². The third-order valence-electron chi connectivity index (χ3n) is 3.92. The molecule has 0 unspecified atom stereocenters. The summed E-state index contributed by atoms with van der Waals surface area (Å²) >= 11 is 1.80. The summed E-state index contributed by atoms with van der Waals surface area (Å²) in [5.41, 5.74) is -0.894. The molecule has 0 amide bonds.